The smallest absolute Gasteiger partial charge is 0.417 e. The highest BCUT2D eigenvalue weighted by Crippen LogP contribution is 2.30. The van der Waals surface area contributed by atoms with E-state index in [2.05, 4.69) is 11.6 Å². The van der Waals surface area contributed by atoms with Gasteiger partial charge in [0.05, 0.1) is 16.8 Å². The van der Waals surface area contributed by atoms with E-state index in [1.807, 2.05) is 0 Å². The van der Waals surface area contributed by atoms with Crippen molar-refractivity contribution in [2.75, 3.05) is 0 Å². The average Bonchev–Trinajstić information content (AvgIpc) is 2.15. The molecule has 0 aliphatic heterocycles. The number of alkyl halides is 3. The summed E-state index contributed by atoms with van der Waals surface area (Å²) in [6.07, 6.45) is -3.70. The van der Waals surface area contributed by atoms with E-state index >= 15 is 0 Å². The molecule has 6 heteroatoms. The third-order valence-corrected chi connectivity index (χ3v) is 1.66. The molecule has 0 aliphatic rings. The molecule has 0 radical (unpaired) electrons. The zero-order chi connectivity index (χ0) is 11.6. The van der Waals surface area contributed by atoms with Crippen molar-refractivity contribution in [1.29, 1.82) is 0 Å². The molecule has 0 aliphatic carbocycles. The summed E-state index contributed by atoms with van der Waals surface area (Å²) in [6.45, 7) is 2.84. The number of hydrogen-bond acceptors (Lipinski definition) is 2. The van der Waals surface area contributed by atoms with Crippen LogP contribution in [-0.4, -0.2) is 22.2 Å². The average molecular weight is 217 g/mol. The lowest BCUT2D eigenvalue weighted by molar-refractivity contribution is -0.0688. The minimum absolute atomic E-state index is 0.172. The molecule has 3 nitrogen and oxygen atoms in total. The van der Waals surface area contributed by atoms with Gasteiger partial charge in [-0.25, -0.2) is 4.79 Å². The standard InChI is InChI=1S/C9H6F3NO2/c1-5(9(10,11)12)7-3-2-6(4-13-7)8(14)15/h2-4H,1H2,(H,14,15). The van der Waals surface area contributed by atoms with E-state index in [0.717, 1.165) is 18.3 Å². The van der Waals surface area contributed by atoms with E-state index in [1.165, 1.54) is 0 Å². The maximum atomic E-state index is 12.1. The number of aromatic carboxylic acids is 1. The van der Waals surface area contributed by atoms with Crippen molar-refractivity contribution in [1.82, 2.24) is 4.98 Å². The van der Waals surface area contributed by atoms with Crippen LogP contribution < -0.4 is 0 Å². The van der Waals surface area contributed by atoms with Gasteiger partial charge in [-0.3, -0.25) is 4.98 Å². The second-order valence-electron chi connectivity index (χ2n) is 2.71. The summed E-state index contributed by atoms with van der Waals surface area (Å²) in [5, 5.41) is 8.49. The molecule has 0 unspecified atom stereocenters. The number of carboxylic acid groups (broad SMARTS) is 1. The predicted molar refractivity (Wildman–Crippen MR) is 46.3 cm³/mol. The van der Waals surface area contributed by atoms with Crippen molar-refractivity contribution in [3.63, 3.8) is 0 Å². The number of aromatic nitrogens is 1. The molecule has 0 bridgehead atoms. The van der Waals surface area contributed by atoms with E-state index in [9.17, 15) is 18.0 Å². The highest BCUT2D eigenvalue weighted by Gasteiger charge is 2.33. The van der Waals surface area contributed by atoms with Crippen LogP contribution in [0.2, 0.25) is 0 Å². The second kappa shape index (κ2) is 3.72. The number of allylic oxidation sites excluding steroid dienone is 1. The van der Waals surface area contributed by atoms with E-state index in [0.29, 0.717) is 0 Å². The Morgan fingerprint density at radius 1 is 1.40 bits per heavy atom. The lowest BCUT2D eigenvalue weighted by Crippen LogP contribution is -2.11. The summed E-state index contributed by atoms with van der Waals surface area (Å²) in [5.74, 6) is -1.24. The van der Waals surface area contributed by atoms with Crippen LogP contribution in [-0.2, 0) is 0 Å². The minimum atomic E-state index is -4.56. The first-order chi connectivity index (χ1) is 6.82. The van der Waals surface area contributed by atoms with E-state index < -0.39 is 17.7 Å². The fraction of sp³-hybridized carbons (Fsp3) is 0.111. The zero-order valence-corrected chi connectivity index (χ0v) is 7.38. The van der Waals surface area contributed by atoms with E-state index in [-0.39, 0.29) is 11.3 Å². The molecule has 0 saturated carbocycles. The molecular formula is C9H6F3NO2. The summed E-state index contributed by atoms with van der Waals surface area (Å²) in [7, 11) is 0. The third-order valence-electron chi connectivity index (χ3n) is 1.66. The molecule has 1 aromatic heterocycles. The van der Waals surface area contributed by atoms with E-state index in [1.54, 1.807) is 0 Å². The highest BCUT2D eigenvalue weighted by atomic mass is 19.4. The van der Waals surface area contributed by atoms with Crippen LogP contribution in [0.3, 0.4) is 0 Å². The summed E-state index contributed by atoms with van der Waals surface area (Å²) in [5.41, 5.74) is -1.65. The number of halogens is 3. The molecule has 1 rings (SSSR count). The van der Waals surface area contributed by atoms with Gasteiger partial charge < -0.3 is 5.11 Å². The van der Waals surface area contributed by atoms with Gasteiger partial charge in [0.25, 0.3) is 0 Å². The van der Waals surface area contributed by atoms with Crippen LogP contribution in [0.1, 0.15) is 16.1 Å². The van der Waals surface area contributed by atoms with Crippen molar-refractivity contribution in [2.24, 2.45) is 0 Å². The predicted octanol–water partition coefficient (Wildman–Crippen LogP) is 2.36. The molecule has 0 aromatic carbocycles. The Morgan fingerprint density at radius 2 is 2.00 bits per heavy atom. The number of hydrogen-bond donors (Lipinski definition) is 1. The maximum absolute atomic E-state index is 12.1. The first-order valence-electron chi connectivity index (χ1n) is 3.78. The van der Waals surface area contributed by atoms with Crippen molar-refractivity contribution in [2.45, 2.75) is 6.18 Å². The van der Waals surface area contributed by atoms with Crippen LogP contribution in [0.25, 0.3) is 5.57 Å². The summed E-state index contributed by atoms with van der Waals surface area (Å²) >= 11 is 0. The molecule has 1 N–H and O–H groups in total. The quantitative estimate of drug-likeness (QED) is 0.827. The van der Waals surface area contributed by atoms with Crippen molar-refractivity contribution in [3.8, 4) is 0 Å². The number of rotatable bonds is 2. The molecule has 1 aromatic rings. The van der Waals surface area contributed by atoms with Gasteiger partial charge in [0.15, 0.2) is 0 Å². The minimum Gasteiger partial charge on any atom is -0.478 e. The molecule has 0 saturated heterocycles. The largest absolute Gasteiger partial charge is 0.478 e. The first kappa shape index (κ1) is 11.2. The topological polar surface area (TPSA) is 50.2 Å². The Bertz CT molecular complexity index is 395. The fourth-order valence-electron chi connectivity index (χ4n) is 0.844. The Hall–Kier alpha value is -1.85. The SMILES string of the molecule is C=C(c1ccc(C(=O)O)cn1)C(F)(F)F. The Kier molecular flexibility index (Phi) is 2.78. The summed E-state index contributed by atoms with van der Waals surface area (Å²) in [6, 6.07) is 2.01. The number of nitrogens with zero attached hydrogens (tertiary/aromatic N) is 1. The van der Waals surface area contributed by atoms with Crippen LogP contribution >= 0.6 is 0 Å². The van der Waals surface area contributed by atoms with Gasteiger partial charge in [-0.15, -0.1) is 0 Å². The normalized spacial score (nSPS) is 11.1. The molecule has 0 amide bonds. The van der Waals surface area contributed by atoms with Gasteiger partial charge >= 0.3 is 12.1 Å². The number of carbonyl (C=O) groups is 1. The molecule has 1 heterocycles. The second-order valence-corrected chi connectivity index (χ2v) is 2.71. The van der Waals surface area contributed by atoms with Crippen molar-refractivity contribution >= 4 is 11.5 Å². The van der Waals surface area contributed by atoms with Gasteiger partial charge in [-0.1, -0.05) is 6.58 Å². The summed E-state index contributed by atoms with van der Waals surface area (Å²) in [4.78, 5) is 13.8. The Morgan fingerprint density at radius 3 is 2.33 bits per heavy atom. The van der Waals surface area contributed by atoms with Crippen LogP contribution in [0.4, 0.5) is 13.2 Å². The summed E-state index contributed by atoms with van der Waals surface area (Å²) < 4.78 is 36.4. The maximum Gasteiger partial charge on any atom is 0.417 e. The Labute approximate surface area is 82.9 Å². The monoisotopic (exact) mass is 217 g/mol. The highest BCUT2D eigenvalue weighted by molar-refractivity contribution is 5.87. The molecule has 80 valence electrons. The van der Waals surface area contributed by atoms with Crippen LogP contribution in [0, 0.1) is 0 Å². The third kappa shape index (κ3) is 2.55. The van der Waals surface area contributed by atoms with Gasteiger partial charge in [0.1, 0.15) is 0 Å². The Balaban J connectivity index is 3.00. The van der Waals surface area contributed by atoms with Crippen molar-refractivity contribution in [3.05, 3.63) is 36.2 Å². The van der Waals surface area contributed by atoms with Gasteiger partial charge in [0.2, 0.25) is 0 Å². The van der Waals surface area contributed by atoms with Crippen molar-refractivity contribution < 1.29 is 23.1 Å². The van der Waals surface area contributed by atoms with Gasteiger partial charge in [-0.2, -0.15) is 13.2 Å². The zero-order valence-electron chi connectivity index (χ0n) is 7.38. The number of pyridine rings is 1. The lowest BCUT2D eigenvalue weighted by atomic mass is 10.1. The molecule has 15 heavy (non-hydrogen) atoms. The van der Waals surface area contributed by atoms with E-state index in [4.69, 9.17) is 5.11 Å². The van der Waals surface area contributed by atoms with Crippen LogP contribution in [0.5, 0.6) is 0 Å². The molecule has 0 fully saturated rings. The lowest BCUT2D eigenvalue weighted by Gasteiger charge is -2.08. The van der Waals surface area contributed by atoms with Crippen LogP contribution in [0.15, 0.2) is 24.9 Å². The van der Waals surface area contributed by atoms with Gasteiger partial charge in [-0.05, 0) is 12.1 Å². The molecular weight excluding hydrogens is 211 g/mol. The molecule has 0 atom stereocenters. The fourth-order valence-corrected chi connectivity index (χ4v) is 0.844. The number of carboxylic acids is 1. The first-order valence-corrected chi connectivity index (χ1v) is 3.78. The van der Waals surface area contributed by atoms with Gasteiger partial charge in [0, 0.05) is 6.20 Å². The molecule has 0 spiro atoms.